The van der Waals surface area contributed by atoms with Gasteiger partial charge >= 0.3 is 0 Å². The van der Waals surface area contributed by atoms with Crippen LogP contribution in [0.4, 0.5) is 0 Å². The molecule has 2 aromatic carbocycles. The summed E-state index contributed by atoms with van der Waals surface area (Å²) in [7, 11) is 1.77. The van der Waals surface area contributed by atoms with Crippen molar-refractivity contribution in [1.29, 1.82) is 0 Å². The van der Waals surface area contributed by atoms with Crippen LogP contribution >= 0.6 is 0 Å². The van der Waals surface area contributed by atoms with Gasteiger partial charge in [0.25, 0.3) is 5.91 Å². The molecule has 23 heavy (non-hydrogen) atoms. The minimum atomic E-state index is -0.557. The van der Waals surface area contributed by atoms with Crippen LogP contribution in [0.3, 0.4) is 0 Å². The monoisotopic (exact) mass is 313 g/mol. The Kier molecular flexibility index (Phi) is 5.77. The van der Waals surface area contributed by atoms with Crippen LogP contribution < -0.4 is 4.74 Å². The lowest BCUT2D eigenvalue weighted by molar-refractivity contribution is -0.132. The molecule has 0 fully saturated rings. The molecular weight excluding hydrogens is 290 g/mol. The number of ether oxygens (including phenoxy) is 1. The van der Waals surface area contributed by atoms with E-state index >= 15 is 0 Å². The number of rotatable bonds is 6. The highest BCUT2D eigenvalue weighted by atomic mass is 16.5. The van der Waals surface area contributed by atoms with Crippen molar-refractivity contribution in [1.82, 2.24) is 4.90 Å². The fourth-order valence-corrected chi connectivity index (χ4v) is 2.25. The Labute approximate surface area is 137 Å². The molecular formula is C19H23NO3. The molecule has 0 aromatic heterocycles. The predicted molar refractivity (Wildman–Crippen MR) is 90.2 cm³/mol. The maximum atomic E-state index is 12.2. The molecule has 122 valence electrons. The smallest absolute Gasteiger partial charge is 0.260 e. The molecule has 0 saturated heterocycles. The molecule has 4 heteroatoms. The zero-order valence-electron chi connectivity index (χ0n) is 13.8. The zero-order chi connectivity index (χ0) is 16.8. The third-order valence-corrected chi connectivity index (χ3v) is 3.80. The zero-order valence-corrected chi connectivity index (χ0v) is 13.8. The van der Waals surface area contributed by atoms with E-state index in [0.717, 1.165) is 16.7 Å². The van der Waals surface area contributed by atoms with E-state index in [1.54, 1.807) is 37.1 Å². The van der Waals surface area contributed by atoms with Crippen LogP contribution in [0.15, 0.2) is 48.5 Å². The Hall–Kier alpha value is -2.33. The standard InChI is InChI=1S/C19H23NO3/c1-14-7-4-5-8-17(14)12-20(3)19(22)13-23-18-10-6-9-16(11-18)15(2)21/h4-11,15,21H,12-13H2,1-3H3. The lowest BCUT2D eigenvalue weighted by atomic mass is 10.1. The van der Waals surface area contributed by atoms with Gasteiger partial charge in [0.05, 0.1) is 6.10 Å². The van der Waals surface area contributed by atoms with Gasteiger partial charge in [0.1, 0.15) is 5.75 Å². The molecule has 1 unspecified atom stereocenters. The summed E-state index contributed by atoms with van der Waals surface area (Å²) in [5.41, 5.74) is 3.06. The maximum Gasteiger partial charge on any atom is 0.260 e. The quantitative estimate of drug-likeness (QED) is 0.891. The van der Waals surface area contributed by atoms with E-state index in [1.807, 2.05) is 37.3 Å². The third kappa shape index (κ3) is 4.83. The summed E-state index contributed by atoms with van der Waals surface area (Å²) in [6, 6.07) is 15.2. The summed E-state index contributed by atoms with van der Waals surface area (Å²) in [6.45, 7) is 4.26. The van der Waals surface area contributed by atoms with Crippen molar-refractivity contribution in [3.8, 4) is 5.75 Å². The van der Waals surface area contributed by atoms with Gasteiger partial charge in [-0.25, -0.2) is 0 Å². The van der Waals surface area contributed by atoms with E-state index < -0.39 is 6.10 Å². The first-order valence-electron chi connectivity index (χ1n) is 7.66. The second kappa shape index (κ2) is 7.79. The van der Waals surface area contributed by atoms with Gasteiger partial charge in [0.2, 0.25) is 0 Å². The second-order valence-electron chi connectivity index (χ2n) is 5.71. The molecule has 0 saturated carbocycles. The van der Waals surface area contributed by atoms with Crippen LogP contribution in [-0.2, 0) is 11.3 Å². The lowest BCUT2D eigenvalue weighted by Gasteiger charge is -2.19. The van der Waals surface area contributed by atoms with Gasteiger partial charge in [-0.05, 0) is 42.7 Å². The van der Waals surface area contributed by atoms with Gasteiger partial charge in [-0.15, -0.1) is 0 Å². The largest absolute Gasteiger partial charge is 0.484 e. The summed E-state index contributed by atoms with van der Waals surface area (Å²) in [4.78, 5) is 13.9. The summed E-state index contributed by atoms with van der Waals surface area (Å²) in [5, 5.41) is 9.57. The number of hydrogen-bond acceptors (Lipinski definition) is 3. The molecule has 1 amide bonds. The molecule has 0 bridgehead atoms. The number of hydrogen-bond donors (Lipinski definition) is 1. The number of likely N-dealkylation sites (N-methyl/N-ethyl adjacent to an activating group) is 1. The Bertz CT molecular complexity index is 667. The number of aliphatic hydroxyl groups excluding tert-OH is 1. The number of carbonyl (C=O) groups excluding carboxylic acids is 1. The van der Waals surface area contributed by atoms with E-state index in [2.05, 4.69) is 0 Å². The van der Waals surface area contributed by atoms with Crippen molar-refractivity contribution >= 4 is 5.91 Å². The molecule has 0 aliphatic heterocycles. The molecule has 0 aliphatic rings. The summed E-state index contributed by atoms with van der Waals surface area (Å²) < 4.78 is 5.55. The van der Waals surface area contributed by atoms with Gasteiger partial charge in [-0.3, -0.25) is 4.79 Å². The van der Waals surface area contributed by atoms with Gasteiger partial charge in [0, 0.05) is 13.6 Å². The Balaban J connectivity index is 1.91. The average molecular weight is 313 g/mol. The number of nitrogens with zero attached hydrogens (tertiary/aromatic N) is 1. The minimum Gasteiger partial charge on any atom is -0.484 e. The topological polar surface area (TPSA) is 49.8 Å². The van der Waals surface area contributed by atoms with Gasteiger partial charge in [0.15, 0.2) is 6.61 Å². The normalized spacial score (nSPS) is 11.8. The Morgan fingerprint density at radius 1 is 1.22 bits per heavy atom. The first-order chi connectivity index (χ1) is 11.0. The highest BCUT2D eigenvalue weighted by Crippen LogP contribution is 2.19. The molecule has 0 heterocycles. The molecule has 1 N–H and O–H groups in total. The average Bonchev–Trinajstić information content (AvgIpc) is 2.55. The van der Waals surface area contributed by atoms with Gasteiger partial charge < -0.3 is 14.7 Å². The molecule has 2 aromatic rings. The summed E-state index contributed by atoms with van der Waals surface area (Å²) in [5.74, 6) is 0.497. The van der Waals surface area contributed by atoms with Crippen LogP contribution in [-0.4, -0.2) is 29.6 Å². The number of aryl methyl sites for hydroxylation is 1. The van der Waals surface area contributed by atoms with E-state index in [-0.39, 0.29) is 12.5 Å². The number of benzene rings is 2. The maximum absolute atomic E-state index is 12.2. The number of aliphatic hydroxyl groups is 1. The van der Waals surface area contributed by atoms with E-state index in [4.69, 9.17) is 4.74 Å². The fourth-order valence-electron chi connectivity index (χ4n) is 2.25. The minimum absolute atomic E-state index is 0.0222. The molecule has 0 spiro atoms. The van der Waals surface area contributed by atoms with E-state index in [1.165, 1.54) is 0 Å². The van der Waals surface area contributed by atoms with Crippen LogP contribution in [0.5, 0.6) is 5.75 Å². The Morgan fingerprint density at radius 3 is 2.65 bits per heavy atom. The predicted octanol–water partition coefficient (Wildman–Crippen LogP) is 3.09. The van der Waals surface area contributed by atoms with Crippen molar-refractivity contribution in [2.24, 2.45) is 0 Å². The van der Waals surface area contributed by atoms with Gasteiger partial charge in [-0.2, -0.15) is 0 Å². The molecule has 0 radical (unpaired) electrons. The molecule has 0 aliphatic carbocycles. The van der Waals surface area contributed by atoms with E-state index in [0.29, 0.717) is 12.3 Å². The highest BCUT2D eigenvalue weighted by Gasteiger charge is 2.11. The lowest BCUT2D eigenvalue weighted by Crippen LogP contribution is -2.31. The SMILES string of the molecule is Cc1ccccc1CN(C)C(=O)COc1cccc(C(C)O)c1. The van der Waals surface area contributed by atoms with Crippen LogP contribution in [0.1, 0.15) is 29.7 Å². The first kappa shape index (κ1) is 17.0. The first-order valence-corrected chi connectivity index (χ1v) is 7.66. The summed E-state index contributed by atoms with van der Waals surface area (Å²) >= 11 is 0. The van der Waals surface area contributed by atoms with Crippen molar-refractivity contribution in [2.45, 2.75) is 26.5 Å². The summed E-state index contributed by atoms with van der Waals surface area (Å²) in [6.07, 6.45) is -0.557. The Morgan fingerprint density at radius 2 is 1.96 bits per heavy atom. The fraction of sp³-hybridized carbons (Fsp3) is 0.316. The molecule has 2 rings (SSSR count). The van der Waals surface area contributed by atoms with Crippen LogP contribution in [0.25, 0.3) is 0 Å². The van der Waals surface area contributed by atoms with Crippen LogP contribution in [0, 0.1) is 6.92 Å². The van der Waals surface area contributed by atoms with Crippen molar-refractivity contribution in [2.75, 3.05) is 13.7 Å². The van der Waals surface area contributed by atoms with Crippen LogP contribution in [0.2, 0.25) is 0 Å². The third-order valence-electron chi connectivity index (χ3n) is 3.80. The van der Waals surface area contributed by atoms with Crippen molar-refractivity contribution in [3.63, 3.8) is 0 Å². The highest BCUT2D eigenvalue weighted by molar-refractivity contribution is 5.77. The van der Waals surface area contributed by atoms with Crippen molar-refractivity contribution in [3.05, 3.63) is 65.2 Å². The van der Waals surface area contributed by atoms with E-state index in [9.17, 15) is 9.90 Å². The van der Waals surface area contributed by atoms with Crippen molar-refractivity contribution < 1.29 is 14.6 Å². The number of carbonyl (C=O) groups is 1. The van der Waals surface area contributed by atoms with Gasteiger partial charge in [-0.1, -0.05) is 36.4 Å². The second-order valence-corrected chi connectivity index (χ2v) is 5.71. The molecule has 4 nitrogen and oxygen atoms in total. The molecule has 1 atom stereocenters. The number of amides is 1.